The quantitative estimate of drug-likeness (QED) is 0.380. The normalized spacial score (nSPS) is 10.9. The largest absolute Gasteiger partial charge is 0.497 e. The number of nitrogens with zero attached hydrogens (tertiary/aromatic N) is 6. The summed E-state index contributed by atoms with van der Waals surface area (Å²) in [4.78, 5) is 16.5. The molecule has 10 nitrogen and oxygen atoms in total. The highest BCUT2D eigenvalue weighted by Gasteiger charge is 2.14. The first-order valence-corrected chi connectivity index (χ1v) is 9.07. The zero-order valence-electron chi connectivity index (χ0n) is 14.7. The molecule has 0 atom stereocenters. The molecule has 0 spiro atoms. The van der Waals surface area contributed by atoms with Crippen LogP contribution in [0.2, 0.25) is 0 Å². The van der Waals surface area contributed by atoms with Crippen molar-refractivity contribution < 1.29 is 4.74 Å². The first kappa shape index (κ1) is 17.6. The van der Waals surface area contributed by atoms with Gasteiger partial charge in [-0.25, -0.2) is 14.2 Å². The van der Waals surface area contributed by atoms with Crippen LogP contribution in [-0.2, 0) is 5.75 Å². The lowest BCUT2D eigenvalue weighted by atomic mass is 10.2. The number of rotatable bonds is 5. The molecule has 0 fully saturated rings. The molecule has 0 aliphatic rings. The van der Waals surface area contributed by atoms with E-state index in [1.807, 2.05) is 30.3 Å². The van der Waals surface area contributed by atoms with Crippen LogP contribution in [0.4, 0.5) is 0 Å². The lowest BCUT2D eigenvalue weighted by Gasteiger charge is -2.05. The number of methoxy groups -OCH3 is 1. The van der Waals surface area contributed by atoms with Crippen molar-refractivity contribution in [1.29, 1.82) is 5.26 Å². The van der Waals surface area contributed by atoms with Gasteiger partial charge in [-0.3, -0.25) is 9.89 Å². The van der Waals surface area contributed by atoms with Crippen LogP contribution in [0.1, 0.15) is 11.3 Å². The van der Waals surface area contributed by atoms with Crippen molar-refractivity contribution in [2.45, 2.75) is 10.9 Å². The summed E-state index contributed by atoms with van der Waals surface area (Å²) in [7, 11) is 1.60. The number of benzene rings is 1. The average molecular weight is 394 g/mol. The smallest absolute Gasteiger partial charge is 0.272 e. The van der Waals surface area contributed by atoms with Gasteiger partial charge in [-0.15, -0.1) is 10.2 Å². The second-order valence-electron chi connectivity index (χ2n) is 5.74. The number of nitrogen functional groups attached to an aromatic ring is 1. The van der Waals surface area contributed by atoms with E-state index in [1.165, 1.54) is 33.2 Å². The highest BCUT2D eigenvalue weighted by molar-refractivity contribution is 7.98. The molecule has 1 aromatic carbocycles. The van der Waals surface area contributed by atoms with Gasteiger partial charge in [0.2, 0.25) is 5.16 Å². The van der Waals surface area contributed by atoms with Gasteiger partial charge in [-0.1, -0.05) is 11.8 Å². The Kier molecular flexibility index (Phi) is 4.46. The van der Waals surface area contributed by atoms with Crippen molar-refractivity contribution in [3.63, 3.8) is 0 Å². The molecule has 28 heavy (non-hydrogen) atoms. The van der Waals surface area contributed by atoms with Gasteiger partial charge in [-0.2, -0.15) is 5.26 Å². The zero-order valence-corrected chi connectivity index (χ0v) is 15.5. The van der Waals surface area contributed by atoms with Crippen molar-refractivity contribution in [3.05, 3.63) is 58.1 Å². The molecule has 0 amide bonds. The third kappa shape index (κ3) is 3.06. The monoisotopic (exact) mass is 394 g/mol. The number of H-pyrrole nitrogens is 1. The number of fused-ring (bicyclic) bond motifs is 1. The molecule has 3 heterocycles. The zero-order chi connectivity index (χ0) is 19.7. The number of nitrogens with one attached hydrogen (secondary N) is 1. The summed E-state index contributed by atoms with van der Waals surface area (Å²) in [6, 6.07) is 10.7. The molecular weight excluding hydrogens is 380 g/mol. The Morgan fingerprint density at radius 1 is 1.32 bits per heavy atom. The van der Waals surface area contributed by atoms with Crippen LogP contribution in [0.5, 0.6) is 5.75 Å². The van der Waals surface area contributed by atoms with Gasteiger partial charge in [0.05, 0.1) is 12.8 Å². The molecule has 0 radical (unpaired) electrons. The third-order valence-electron chi connectivity index (χ3n) is 4.03. The minimum absolute atomic E-state index is 0.290. The van der Waals surface area contributed by atoms with Crippen LogP contribution in [0, 0.1) is 11.3 Å². The molecule has 4 aromatic rings. The van der Waals surface area contributed by atoms with Crippen LogP contribution in [-0.4, -0.2) is 36.6 Å². The van der Waals surface area contributed by atoms with E-state index < -0.39 is 0 Å². The Morgan fingerprint density at radius 2 is 2.11 bits per heavy atom. The van der Waals surface area contributed by atoms with Gasteiger partial charge >= 0.3 is 0 Å². The maximum atomic E-state index is 12.2. The van der Waals surface area contributed by atoms with Gasteiger partial charge in [0.15, 0.2) is 11.5 Å². The second-order valence-corrected chi connectivity index (χ2v) is 6.68. The molecule has 3 aromatic heterocycles. The van der Waals surface area contributed by atoms with Crippen molar-refractivity contribution >= 4 is 17.4 Å². The predicted octanol–water partition coefficient (Wildman–Crippen LogP) is 1.17. The molecule has 0 saturated heterocycles. The maximum absolute atomic E-state index is 12.2. The number of hydrogen-bond acceptors (Lipinski definition) is 8. The molecule has 140 valence electrons. The number of aromatic nitrogens is 6. The Bertz CT molecular complexity index is 1250. The lowest BCUT2D eigenvalue weighted by molar-refractivity contribution is 0.415. The Hall–Kier alpha value is -3.78. The minimum atomic E-state index is -0.296. The van der Waals surface area contributed by atoms with Crippen LogP contribution in [0.15, 0.2) is 46.5 Å². The van der Waals surface area contributed by atoms with Gasteiger partial charge in [0.25, 0.3) is 5.56 Å². The summed E-state index contributed by atoms with van der Waals surface area (Å²) >= 11 is 1.29. The van der Waals surface area contributed by atoms with Crippen molar-refractivity contribution in [1.82, 2.24) is 29.5 Å². The molecule has 0 unspecified atom stereocenters. The van der Waals surface area contributed by atoms with Gasteiger partial charge in [0.1, 0.15) is 17.4 Å². The molecule has 0 saturated carbocycles. The van der Waals surface area contributed by atoms with Gasteiger partial charge < -0.3 is 10.6 Å². The molecule has 0 bridgehead atoms. The van der Waals surface area contributed by atoms with Crippen LogP contribution < -0.4 is 16.1 Å². The molecule has 3 N–H and O–H groups in total. The molecule has 4 rings (SSSR count). The van der Waals surface area contributed by atoms with Crippen molar-refractivity contribution in [2.24, 2.45) is 0 Å². The van der Waals surface area contributed by atoms with E-state index in [0.29, 0.717) is 33.6 Å². The lowest BCUT2D eigenvalue weighted by Crippen LogP contribution is -2.15. The summed E-state index contributed by atoms with van der Waals surface area (Å²) in [5.41, 5.74) is 1.60. The molecule has 11 heteroatoms. The summed E-state index contributed by atoms with van der Waals surface area (Å²) in [6.07, 6.45) is 1.44. The first-order chi connectivity index (χ1) is 13.6. The summed E-state index contributed by atoms with van der Waals surface area (Å²) in [5.74, 6) is 7.71. The summed E-state index contributed by atoms with van der Waals surface area (Å²) in [5, 5.41) is 20.5. The fourth-order valence-corrected chi connectivity index (χ4v) is 3.38. The number of thioether (sulfide) groups is 1. The fraction of sp³-hybridized carbons (Fsp3) is 0.118. The summed E-state index contributed by atoms with van der Waals surface area (Å²) in [6.45, 7) is 0. The fourth-order valence-electron chi connectivity index (χ4n) is 2.64. The molecule has 0 aliphatic heterocycles. The van der Waals surface area contributed by atoms with E-state index in [9.17, 15) is 4.79 Å². The SMILES string of the molecule is COc1ccc(-c2nnc(SCc3cc(=O)n4[nH]cc(C#N)c4n3)n2N)cc1. The summed E-state index contributed by atoms with van der Waals surface area (Å²) < 4.78 is 7.75. The van der Waals surface area contributed by atoms with Crippen molar-refractivity contribution in [2.75, 3.05) is 13.0 Å². The standard InChI is InChI=1S/C17H14N8O2S/c1-27-13-4-2-10(3-5-13)16-22-23-17(24(16)19)28-9-12-6-14(26)25-15(21-12)11(7-18)8-20-25/h2-6,8,20H,9,19H2,1H3. The van der Waals surface area contributed by atoms with E-state index in [-0.39, 0.29) is 5.56 Å². The highest BCUT2D eigenvalue weighted by atomic mass is 32.2. The van der Waals surface area contributed by atoms with E-state index >= 15 is 0 Å². The van der Waals surface area contributed by atoms with Gasteiger partial charge in [-0.05, 0) is 24.3 Å². The van der Waals surface area contributed by atoms with E-state index in [4.69, 9.17) is 15.8 Å². The third-order valence-corrected chi connectivity index (χ3v) is 5.01. The number of aromatic amines is 1. The molecular formula is C17H14N8O2S. The van der Waals surface area contributed by atoms with Crippen LogP contribution in [0.25, 0.3) is 17.0 Å². The predicted molar refractivity (Wildman–Crippen MR) is 102 cm³/mol. The minimum Gasteiger partial charge on any atom is -0.497 e. The average Bonchev–Trinajstić information content (AvgIpc) is 3.30. The Morgan fingerprint density at radius 3 is 2.82 bits per heavy atom. The number of nitrogens with two attached hydrogens (primary N) is 1. The second kappa shape index (κ2) is 7.09. The van der Waals surface area contributed by atoms with Gasteiger partial charge in [0, 0.05) is 23.6 Å². The first-order valence-electron chi connectivity index (χ1n) is 8.08. The Balaban J connectivity index is 1.57. The van der Waals surface area contributed by atoms with E-state index in [1.54, 1.807) is 7.11 Å². The number of ether oxygens (including phenoxy) is 1. The molecule has 0 aliphatic carbocycles. The number of nitriles is 1. The van der Waals surface area contributed by atoms with Crippen LogP contribution >= 0.6 is 11.8 Å². The maximum Gasteiger partial charge on any atom is 0.272 e. The number of hydrogen-bond donors (Lipinski definition) is 2. The highest BCUT2D eigenvalue weighted by Crippen LogP contribution is 2.25. The van der Waals surface area contributed by atoms with E-state index in [2.05, 4.69) is 20.3 Å². The van der Waals surface area contributed by atoms with Crippen LogP contribution in [0.3, 0.4) is 0 Å². The van der Waals surface area contributed by atoms with Crippen molar-refractivity contribution in [3.8, 4) is 23.2 Å². The topological polar surface area (TPSA) is 140 Å². The Labute approximate surface area is 162 Å². The van der Waals surface area contributed by atoms with E-state index in [0.717, 1.165) is 11.3 Å².